The molecule has 0 aliphatic carbocycles. The van der Waals surface area contributed by atoms with Crippen LogP contribution in [0.25, 0.3) is 76.1 Å². The van der Waals surface area contributed by atoms with Crippen molar-refractivity contribution in [1.29, 1.82) is 0 Å². The van der Waals surface area contributed by atoms with Crippen molar-refractivity contribution in [3.8, 4) is 22.3 Å². The van der Waals surface area contributed by atoms with Gasteiger partial charge in [-0.25, -0.2) is 0 Å². The van der Waals surface area contributed by atoms with E-state index in [2.05, 4.69) is 205 Å². The third-order valence-electron chi connectivity index (χ3n) is 10.4. The Hall–Kier alpha value is -6.70. The number of fused-ring (bicyclic) bond motifs is 9. The molecule has 0 aromatic heterocycles. The number of anilines is 3. The van der Waals surface area contributed by atoms with Crippen LogP contribution in [0, 0.1) is 0 Å². The van der Waals surface area contributed by atoms with E-state index in [0.29, 0.717) is 0 Å². The molecular weight excluding hydrogens is 615 g/mol. The van der Waals surface area contributed by atoms with Crippen LogP contribution in [0.15, 0.2) is 200 Å². The number of para-hydroxylation sites is 1. The molecule has 10 aromatic rings. The minimum absolute atomic E-state index is 1.11. The summed E-state index contributed by atoms with van der Waals surface area (Å²) < 4.78 is 0. The van der Waals surface area contributed by atoms with Gasteiger partial charge in [0.25, 0.3) is 0 Å². The highest BCUT2D eigenvalue weighted by molar-refractivity contribution is 6.25. The van der Waals surface area contributed by atoms with E-state index < -0.39 is 0 Å². The van der Waals surface area contributed by atoms with Gasteiger partial charge in [-0.15, -0.1) is 0 Å². The van der Waals surface area contributed by atoms with Crippen molar-refractivity contribution in [3.63, 3.8) is 0 Å². The van der Waals surface area contributed by atoms with Gasteiger partial charge < -0.3 is 4.90 Å². The van der Waals surface area contributed by atoms with Gasteiger partial charge in [0.2, 0.25) is 0 Å². The highest BCUT2D eigenvalue weighted by atomic mass is 15.1. The molecule has 0 bridgehead atoms. The van der Waals surface area contributed by atoms with Gasteiger partial charge in [-0.2, -0.15) is 0 Å². The lowest BCUT2D eigenvalue weighted by Crippen LogP contribution is -2.11. The van der Waals surface area contributed by atoms with E-state index in [1.807, 2.05) is 0 Å². The van der Waals surface area contributed by atoms with Crippen molar-refractivity contribution >= 4 is 70.9 Å². The second kappa shape index (κ2) is 12.0. The summed E-state index contributed by atoms with van der Waals surface area (Å²) in [7, 11) is 0. The smallest absolute Gasteiger partial charge is 0.0540 e. The Kier molecular flexibility index (Phi) is 6.89. The monoisotopic (exact) mass is 647 g/mol. The first-order valence-corrected chi connectivity index (χ1v) is 17.6. The minimum Gasteiger partial charge on any atom is -0.310 e. The molecule has 1 heteroatoms. The van der Waals surface area contributed by atoms with Gasteiger partial charge in [-0.1, -0.05) is 164 Å². The first-order valence-electron chi connectivity index (χ1n) is 17.6. The molecule has 0 unspecified atom stereocenters. The highest BCUT2D eigenvalue weighted by Crippen LogP contribution is 2.44. The first kappa shape index (κ1) is 29.2. The molecule has 0 saturated carbocycles. The van der Waals surface area contributed by atoms with E-state index in [1.165, 1.54) is 76.1 Å². The Balaban J connectivity index is 1.15. The van der Waals surface area contributed by atoms with Crippen LogP contribution in [0.5, 0.6) is 0 Å². The zero-order chi connectivity index (χ0) is 33.7. The normalized spacial score (nSPS) is 11.5. The molecular formula is C50H33N. The fraction of sp³-hybridized carbons (Fsp3) is 0. The predicted octanol–water partition coefficient (Wildman–Crippen LogP) is 14.3. The Morgan fingerprint density at radius 1 is 0.255 bits per heavy atom. The molecule has 0 atom stereocenters. The SMILES string of the molecule is c1ccc(-c2ccccc2N(c2ccc(-c3ccc4c(ccc5ccccc54)c3)cc2)c2ccc3c4ccccc4c4ccccc4c3c2)cc1. The molecule has 51 heavy (non-hydrogen) atoms. The van der Waals surface area contributed by atoms with Crippen LogP contribution >= 0.6 is 0 Å². The third-order valence-corrected chi connectivity index (χ3v) is 10.4. The third kappa shape index (κ3) is 4.94. The lowest BCUT2D eigenvalue weighted by atomic mass is 9.93. The fourth-order valence-corrected chi connectivity index (χ4v) is 7.99. The first-order chi connectivity index (χ1) is 25.3. The molecule has 10 rings (SSSR count). The van der Waals surface area contributed by atoms with Crippen LogP contribution in [-0.4, -0.2) is 0 Å². The Labute approximate surface area is 297 Å². The van der Waals surface area contributed by atoms with Gasteiger partial charge in [0, 0.05) is 16.9 Å². The maximum atomic E-state index is 2.42. The molecule has 0 aliphatic rings. The van der Waals surface area contributed by atoms with Gasteiger partial charge in [0.15, 0.2) is 0 Å². The van der Waals surface area contributed by atoms with Crippen molar-refractivity contribution in [2.45, 2.75) is 0 Å². The molecule has 238 valence electrons. The van der Waals surface area contributed by atoms with Crippen molar-refractivity contribution < 1.29 is 0 Å². The minimum atomic E-state index is 1.11. The van der Waals surface area contributed by atoms with E-state index in [-0.39, 0.29) is 0 Å². The molecule has 0 radical (unpaired) electrons. The molecule has 0 saturated heterocycles. The van der Waals surface area contributed by atoms with Crippen LogP contribution in [0.2, 0.25) is 0 Å². The lowest BCUT2D eigenvalue weighted by molar-refractivity contribution is 1.29. The van der Waals surface area contributed by atoms with Gasteiger partial charge in [0.1, 0.15) is 0 Å². The predicted molar refractivity (Wildman–Crippen MR) is 220 cm³/mol. The summed E-state index contributed by atoms with van der Waals surface area (Å²) in [4.78, 5) is 2.42. The number of hydrogen-bond acceptors (Lipinski definition) is 1. The van der Waals surface area contributed by atoms with E-state index in [9.17, 15) is 0 Å². The van der Waals surface area contributed by atoms with Crippen LogP contribution < -0.4 is 4.90 Å². The molecule has 10 aromatic carbocycles. The summed E-state index contributed by atoms with van der Waals surface area (Å²) in [6.07, 6.45) is 0. The number of hydrogen-bond donors (Lipinski definition) is 0. The molecule has 0 amide bonds. The largest absolute Gasteiger partial charge is 0.310 e. The summed E-state index contributed by atoms with van der Waals surface area (Å²) in [5.41, 5.74) is 8.15. The highest BCUT2D eigenvalue weighted by Gasteiger charge is 2.19. The summed E-state index contributed by atoms with van der Waals surface area (Å²) in [5, 5.41) is 12.7. The Morgan fingerprint density at radius 2 is 0.765 bits per heavy atom. The topological polar surface area (TPSA) is 3.24 Å². The van der Waals surface area contributed by atoms with Gasteiger partial charge in [0.05, 0.1) is 5.69 Å². The molecule has 0 spiro atoms. The molecule has 1 nitrogen and oxygen atoms in total. The van der Waals surface area contributed by atoms with Crippen molar-refractivity contribution in [3.05, 3.63) is 200 Å². The summed E-state index contributed by atoms with van der Waals surface area (Å²) in [5.74, 6) is 0. The second-order valence-electron chi connectivity index (χ2n) is 13.3. The molecule has 0 heterocycles. The van der Waals surface area contributed by atoms with E-state index in [1.54, 1.807) is 0 Å². The lowest BCUT2D eigenvalue weighted by Gasteiger charge is -2.28. The van der Waals surface area contributed by atoms with Crippen molar-refractivity contribution in [2.24, 2.45) is 0 Å². The van der Waals surface area contributed by atoms with Crippen LogP contribution in [-0.2, 0) is 0 Å². The Morgan fingerprint density at radius 3 is 1.51 bits per heavy atom. The molecule has 0 N–H and O–H groups in total. The van der Waals surface area contributed by atoms with Crippen molar-refractivity contribution in [1.82, 2.24) is 0 Å². The zero-order valence-electron chi connectivity index (χ0n) is 28.0. The van der Waals surface area contributed by atoms with E-state index in [4.69, 9.17) is 0 Å². The standard InChI is InChI=1S/C50H33N/c1-2-12-35(13-3-1)43-16-10-11-21-50(43)51(40-29-31-48-46-19-7-6-17-44(46)45-18-8-9-20-47(45)49(48)33-40)39-27-24-34(25-28-39)37-26-30-42-38(32-37)23-22-36-14-4-5-15-41(36)42/h1-33H. The number of nitrogens with zero attached hydrogens (tertiary/aromatic N) is 1. The summed E-state index contributed by atoms with van der Waals surface area (Å²) in [6, 6.07) is 73.0. The van der Waals surface area contributed by atoms with E-state index >= 15 is 0 Å². The molecule has 0 fully saturated rings. The maximum Gasteiger partial charge on any atom is 0.0540 e. The van der Waals surface area contributed by atoms with Crippen molar-refractivity contribution in [2.75, 3.05) is 4.90 Å². The second-order valence-corrected chi connectivity index (χ2v) is 13.3. The van der Waals surface area contributed by atoms with Crippen LogP contribution in [0.1, 0.15) is 0 Å². The maximum absolute atomic E-state index is 2.42. The zero-order valence-corrected chi connectivity index (χ0v) is 28.0. The van der Waals surface area contributed by atoms with Gasteiger partial charge >= 0.3 is 0 Å². The van der Waals surface area contributed by atoms with E-state index in [0.717, 1.165) is 17.1 Å². The summed E-state index contributed by atoms with van der Waals surface area (Å²) in [6.45, 7) is 0. The number of rotatable bonds is 5. The average Bonchev–Trinajstić information content (AvgIpc) is 3.21. The summed E-state index contributed by atoms with van der Waals surface area (Å²) >= 11 is 0. The molecule has 0 aliphatic heterocycles. The fourth-order valence-electron chi connectivity index (χ4n) is 7.99. The van der Waals surface area contributed by atoms with Crippen LogP contribution in [0.4, 0.5) is 17.1 Å². The number of benzene rings is 10. The quantitative estimate of drug-likeness (QED) is 0.168. The van der Waals surface area contributed by atoms with Crippen LogP contribution in [0.3, 0.4) is 0 Å². The Bertz CT molecular complexity index is 2870. The van der Waals surface area contributed by atoms with Gasteiger partial charge in [-0.05, 0) is 107 Å². The average molecular weight is 648 g/mol. The van der Waals surface area contributed by atoms with Gasteiger partial charge in [-0.3, -0.25) is 0 Å².